The minimum Gasteiger partial charge on any atom is -0.465 e. The Hall–Kier alpha value is -2.25. The van der Waals surface area contributed by atoms with Crippen molar-refractivity contribution in [2.45, 2.75) is 94.0 Å². The summed E-state index contributed by atoms with van der Waals surface area (Å²) in [5.41, 5.74) is 0.820. The van der Waals surface area contributed by atoms with Gasteiger partial charge in [0.2, 0.25) is 11.8 Å². The van der Waals surface area contributed by atoms with Crippen molar-refractivity contribution >= 4 is 23.6 Å². The number of nitrogens with one attached hydrogen (secondary N) is 2. The van der Waals surface area contributed by atoms with Gasteiger partial charge in [-0.1, -0.05) is 57.2 Å². The summed E-state index contributed by atoms with van der Waals surface area (Å²) >= 11 is 1.71. The predicted octanol–water partition coefficient (Wildman–Crippen LogP) is 5.32. The number of hydrogen-bond acceptors (Lipinski definition) is 5. The molecule has 35 heavy (non-hydrogen) atoms. The second-order valence-electron chi connectivity index (χ2n) is 9.86. The normalized spacial score (nSPS) is 23.6. The molecule has 2 aliphatic heterocycles. The number of unbranched alkanes of at least 4 members (excludes halogenated alkanes) is 6. The van der Waals surface area contributed by atoms with E-state index in [0.717, 1.165) is 17.7 Å². The van der Waals surface area contributed by atoms with Gasteiger partial charge in [-0.25, -0.2) is 0 Å². The van der Waals surface area contributed by atoms with Gasteiger partial charge in [-0.15, -0.1) is 18.3 Å². The zero-order valence-corrected chi connectivity index (χ0v) is 22.4. The van der Waals surface area contributed by atoms with Gasteiger partial charge in [0, 0.05) is 4.75 Å². The molecular weight excluding hydrogens is 458 g/mol. The summed E-state index contributed by atoms with van der Waals surface area (Å²) < 4.78 is 5.59. The number of carbonyl (C=O) groups excluding carboxylic acids is 2. The van der Waals surface area contributed by atoms with Crippen molar-refractivity contribution in [2.24, 2.45) is 0 Å². The molecule has 1 aromatic rings. The average molecular weight is 500 g/mol. The van der Waals surface area contributed by atoms with Crippen LogP contribution in [-0.2, 0) is 9.59 Å². The van der Waals surface area contributed by atoms with Gasteiger partial charge in [0.15, 0.2) is 0 Å². The molecule has 4 atom stereocenters. The fraction of sp³-hybridized carbons (Fsp3) is 0.571. The molecule has 3 rings (SSSR count). The maximum atomic E-state index is 13.0. The molecule has 4 unspecified atom stereocenters. The molecule has 0 saturated carbocycles. The number of nitrogens with zero attached hydrogens (tertiary/aromatic N) is 1. The zero-order chi connectivity index (χ0) is 25.4. The molecule has 2 aliphatic rings. The SMILES string of the molecule is C=CC1N2C(=O)C(NC(=O)C(NC)c3ccc(O/C=C/CCCCCCCC)cc3)C2SC1(C)C. The van der Waals surface area contributed by atoms with Crippen molar-refractivity contribution in [3.63, 3.8) is 0 Å². The largest absolute Gasteiger partial charge is 0.465 e. The Morgan fingerprint density at radius 3 is 2.54 bits per heavy atom. The highest BCUT2D eigenvalue weighted by Crippen LogP contribution is 2.51. The van der Waals surface area contributed by atoms with E-state index in [1.54, 1.807) is 25.1 Å². The van der Waals surface area contributed by atoms with Crippen LogP contribution in [0.1, 0.15) is 77.3 Å². The quantitative estimate of drug-likeness (QED) is 0.157. The molecule has 192 valence electrons. The molecule has 6 nitrogen and oxygen atoms in total. The number of thioether (sulfide) groups is 1. The Bertz CT molecular complexity index is 899. The standard InChI is InChI=1S/C28H41N3O3S/c1-6-8-9-10-11-12-13-14-19-34-21-17-15-20(16-18-21)23(29-5)25(32)30-24-26(33)31-22(7-2)28(3,4)35-27(24)31/h7,14-19,22-24,27,29H,2,6,8-13H2,1,3-5H3,(H,30,32)/b19-14+. The van der Waals surface area contributed by atoms with Crippen LogP contribution in [0, 0.1) is 0 Å². The smallest absolute Gasteiger partial charge is 0.249 e. The topological polar surface area (TPSA) is 70.7 Å². The van der Waals surface area contributed by atoms with Crippen molar-refractivity contribution in [2.75, 3.05) is 7.05 Å². The Labute approximate surface area is 214 Å². The van der Waals surface area contributed by atoms with Crippen LogP contribution in [0.15, 0.2) is 49.3 Å². The number of amides is 2. The Morgan fingerprint density at radius 1 is 1.20 bits per heavy atom. The third-order valence-electron chi connectivity index (χ3n) is 6.83. The molecule has 0 bridgehead atoms. The van der Waals surface area contributed by atoms with Gasteiger partial charge < -0.3 is 20.3 Å². The van der Waals surface area contributed by atoms with Gasteiger partial charge in [0.05, 0.1) is 12.3 Å². The molecule has 2 heterocycles. The maximum Gasteiger partial charge on any atom is 0.249 e. The highest BCUT2D eigenvalue weighted by molar-refractivity contribution is 8.01. The van der Waals surface area contributed by atoms with E-state index in [9.17, 15) is 9.59 Å². The second-order valence-corrected chi connectivity index (χ2v) is 11.6. The van der Waals surface area contributed by atoms with Crippen LogP contribution in [0.2, 0.25) is 0 Å². The Balaban J connectivity index is 1.48. The first kappa shape index (κ1) is 27.3. The van der Waals surface area contributed by atoms with Gasteiger partial charge in [0.1, 0.15) is 23.2 Å². The van der Waals surface area contributed by atoms with Crippen LogP contribution in [0.4, 0.5) is 0 Å². The van der Waals surface area contributed by atoms with Crippen LogP contribution in [0.25, 0.3) is 0 Å². The van der Waals surface area contributed by atoms with Crippen LogP contribution >= 0.6 is 11.8 Å². The first-order valence-electron chi connectivity index (χ1n) is 12.9. The molecule has 0 aromatic heterocycles. The van der Waals surface area contributed by atoms with Gasteiger partial charge in [-0.2, -0.15) is 0 Å². The summed E-state index contributed by atoms with van der Waals surface area (Å²) in [7, 11) is 1.75. The first-order valence-corrected chi connectivity index (χ1v) is 13.7. The number of allylic oxidation sites excluding steroid dienone is 1. The van der Waals surface area contributed by atoms with Gasteiger partial charge in [-0.3, -0.25) is 9.59 Å². The zero-order valence-electron chi connectivity index (χ0n) is 21.6. The second kappa shape index (κ2) is 12.6. The maximum absolute atomic E-state index is 13.0. The minimum atomic E-state index is -0.552. The molecule has 1 aromatic carbocycles. The van der Waals surface area contributed by atoms with E-state index in [1.807, 2.05) is 35.2 Å². The Morgan fingerprint density at radius 2 is 1.89 bits per heavy atom. The van der Waals surface area contributed by atoms with Crippen LogP contribution < -0.4 is 15.4 Å². The van der Waals surface area contributed by atoms with E-state index >= 15 is 0 Å². The summed E-state index contributed by atoms with van der Waals surface area (Å²) in [6.07, 6.45) is 14.4. The summed E-state index contributed by atoms with van der Waals surface area (Å²) in [5.74, 6) is 0.476. The first-order chi connectivity index (χ1) is 16.8. The number of β-lactam (4-membered cyclic amide) rings is 1. The number of hydrogen-bond donors (Lipinski definition) is 2. The highest BCUT2D eigenvalue weighted by atomic mass is 32.2. The van der Waals surface area contributed by atoms with Crippen LogP contribution in [0.3, 0.4) is 0 Å². The molecule has 0 spiro atoms. The number of benzene rings is 1. The summed E-state index contributed by atoms with van der Waals surface area (Å²) in [6, 6.07) is 6.41. The van der Waals surface area contributed by atoms with E-state index in [-0.39, 0.29) is 28.0 Å². The fourth-order valence-electron chi connectivity index (χ4n) is 4.81. The number of carbonyl (C=O) groups is 2. The van der Waals surface area contributed by atoms with Crippen LogP contribution in [0.5, 0.6) is 5.75 Å². The monoisotopic (exact) mass is 499 g/mol. The fourth-order valence-corrected chi connectivity index (χ4v) is 6.46. The lowest BCUT2D eigenvalue weighted by atomic mass is 9.95. The van der Waals surface area contributed by atoms with Gasteiger partial charge >= 0.3 is 0 Å². The van der Waals surface area contributed by atoms with E-state index in [0.29, 0.717) is 0 Å². The van der Waals surface area contributed by atoms with Crippen molar-refractivity contribution in [1.29, 1.82) is 0 Å². The minimum absolute atomic E-state index is 0.0226. The van der Waals surface area contributed by atoms with Crippen molar-refractivity contribution in [3.05, 3.63) is 54.8 Å². The van der Waals surface area contributed by atoms with Gasteiger partial charge in [-0.05, 0) is 57.5 Å². The third kappa shape index (κ3) is 6.50. The molecule has 0 aliphatic carbocycles. The van der Waals surface area contributed by atoms with E-state index < -0.39 is 12.1 Å². The molecular formula is C28H41N3O3S. The molecule has 2 saturated heterocycles. The average Bonchev–Trinajstić information content (AvgIpc) is 3.09. The molecule has 0 radical (unpaired) electrons. The summed E-state index contributed by atoms with van der Waals surface area (Å²) in [4.78, 5) is 27.6. The van der Waals surface area contributed by atoms with Gasteiger partial charge in [0.25, 0.3) is 0 Å². The molecule has 2 N–H and O–H groups in total. The lowest BCUT2D eigenvalue weighted by Gasteiger charge is -2.44. The number of fused-ring (bicyclic) bond motifs is 1. The number of rotatable bonds is 14. The van der Waals surface area contributed by atoms with E-state index in [1.165, 1.54) is 38.5 Å². The molecule has 2 fully saturated rings. The molecule has 2 amide bonds. The molecule has 7 heteroatoms. The number of ether oxygens (including phenoxy) is 1. The van der Waals surface area contributed by atoms with Crippen molar-refractivity contribution in [1.82, 2.24) is 15.5 Å². The lowest BCUT2D eigenvalue weighted by molar-refractivity contribution is -0.150. The van der Waals surface area contributed by atoms with E-state index in [4.69, 9.17) is 4.74 Å². The number of likely N-dealkylation sites (N-methyl/N-ethyl adjacent to an activating group) is 1. The lowest BCUT2D eigenvalue weighted by Crippen LogP contribution is -2.69. The summed E-state index contributed by atoms with van der Waals surface area (Å²) in [6.45, 7) is 10.3. The summed E-state index contributed by atoms with van der Waals surface area (Å²) in [5, 5.41) is 5.98. The third-order valence-corrected chi connectivity index (χ3v) is 8.42. The highest BCUT2D eigenvalue weighted by Gasteiger charge is 2.61. The predicted molar refractivity (Wildman–Crippen MR) is 144 cm³/mol. The van der Waals surface area contributed by atoms with E-state index in [2.05, 4.69) is 44.1 Å². The Kier molecular flexibility index (Phi) is 9.87. The van der Waals surface area contributed by atoms with Crippen LogP contribution in [-0.4, -0.2) is 46.0 Å². The van der Waals surface area contributed by atoms with Crippen molar-refractivity contribution < 1.29 is 14.3 Å². The van der Waals surface area contributed by atoms with Crippen molar-refractivity contribution in [3.8, 4) is 5.75 Å².